The third kappa shape index (κ3) is 2.69. The molecule has 0 bridgehead atoms. The first-order chi connectivity index (χ1) is 11.2. The van der Waals surface area contributed by atoms with E-state index < -0.39 is 0 Å². The third-order valence-corrected chi connectivity index (χ3v) is 3.41. The van der Waals surface area contributed by atoms with Crippen LogP contribution in [0.1, 0.15) is 10.4 Å². The average molecular weight is 313 g/mol. The van der Waals surface area contributed by atoms with E-state index in [1.807, 2.05) is 6.07 Å². The van der Waals surface area contributed by atoms with Gasteiger partial charge in [0.05, 0.1) is 14.2 Å². The Bertz CT molecular complexity index is 873. The predicted octanol–water partition coefficient (Wildman–Crippen LogP) is 2.12. The normalized spacial score (nSPS) is 10.6. The minimum Gasteiger partial charge on any atom is -0.493 e. The fraction of sp³-hybridized carbons (Fsp3) is 0.125. The van der Waals surface area contributed by atoms with Crippen molar-refractivity contribution in [1.29, 1.82) is 0 Å². The summed E-state index contributed by atoms with van der Waals surface area (Å²) in [4.78, 5) is 16.0. The predicted molar refractivity (Wildman–Crippen MR) is 84.2 cm³/mol. The van der Waals surface area contributed by atoms with Gasteiger partial charge in [0, 0.05) is 11.1 Å². The van der Waals surface area contributed by atoms with Crippen LogP contribution >= 0.6 is 0 Å². The number of ether oxygens (including phenoxy) is 2. The molecule has 0 aliphatic rings. The van der Waals surface area contributed by atoms with Gasteiger partial charge in [0.15, 0.2) is 17.1 Å². The molecule has 0 aliphatic carbocycles. The van der Waals surface area contributed by atoms with Gasteiger partial charge in [-0.2, -0.15) is 0 Å². The highest BCUT2D eigenvalue weighted by atomic mass is 16.5. The first-order valence-electron chi connectivity index (χ1n) is 6.80. The first kappa shape index (κ1) is 14.9. The summed E-state index contributed by atoms with van der Waals surface area (Å²) < 4.78 is 16.2. The Morgan fingerprint density at radius 3 is 2.61 bits per heavy atom. The van der Waals surface area contributed by atoms with E-state index in [0.29, 0.717) is 34.1 Å². The van der Waals surface area contributed by atoms with E-state index in [0.717, 1.165) is 5.56 Å². The van der Waals surface area contributed by atoms with E-state index in [1.165, 1.54) is 0 Å². The molecule has 3 N–H and O–H groups in total. The van der Waals surface area contributed by atoms with E-state index in [1.54, 1.807) is 44.6 Å². The molecule has 0 saturated carbocycles. The molecule has 118 valence electrons. The largest absolute Gasteiger partial charge is 0.493 e. The lowest BCUT2D eigenvalue weighted by Gasteiger charge is -2.07. The van der Waals surface area contributed by atoms with Crippen molar-refractivity contribution in [3.05, 3.63) is 42.0 Å². The van der Waals surface area contributed by atoms with Gasteiger partial charge in [-0.15, -0.1) is 0 Å². The Morgan fingerprint density at radius 1 is 1.13 bits per heavy atom. The van der Waals surface area contributed by atoms with Gasteiger partial charge in [-0.3, -0.25) is 10.2 Å². The molecule has 2 aromatic carbocycles. The molecular formula is C16H15N3O4. The summed E-state index contributed by atoms with van der Waals surface area (Å²) in [5.74, 6) is 6.37. The molecule has 0 aliphatic heterocycles. The summed E-state index contributed by atoms with van der Waals surface area (Å²) in [6, 6.07) is 10.3. The van der Waals surface area contributed by atoms with Crippen LogP contribution in [0, 0.1) is 0 Å². The molecule has 3 rings (SSSR count). The van der Waals surface area contributed by atoms with Gasteiger partial charge in [0.1, 0.15) is 5.52 Å². The van der Waals surface area contributed by atoms with Gasteiger partial charge in [0.25, 0.3) is 5.91 Å². The van der Waals surface area contributed by atoms with Crippen LogP contribution in [0.2, 0.25) is 0 Å². The summed E-state index contributed by atoms with van der Waals surface area (Å²) in [6.45, 7) is 0. The number of hydrogen-bond acceptors (Lipinski definition) is 6. The summed E-state index contributed by atoms with van der Waals surface area (Å²) >= 11 is 0. The number of carbonyl (C=O) groups excluding carboxylic acids is 1. The van der Waals surface area contributed by atoms with Gasteiger partial charge in [-0.25, -0.2) is 10.8 Å². The van der Waals surface area contributed by atoms with Crippen molar-refractivity contribution < 1.29 is 18.7 Å². The molecule has 1 aromatic heterocycles. The lowest BCUT2D eigenvalue weighted by atomic mass is 10.2. The van der Waals surface area contributed by atoms with Crippen molar-refractivity contribution in [2.24, 2.45) is 5.84 Å². The number of amides is 1. The Labute approximate surface area is 132 Å². The quantitative estimate of drug-likeness (QED) is 0.435. The summed E-state index contributed by atoms with van der Waals surface area (Å²) in [6.07, 6.45) is 0. The van der Waals surface area contributed by atoms with Crippen LogP contribution in [0.15, 0.2) is 40.8 Å². The second-order valence-electron chi connectivity index (χ2n) is 4.74. The van der Waals surface area contributed by atoms with Crippen LogP contribution in [0.5, 0.6) is 11.5 Å². The van der Waals surface area contributed by atoms with Gasteiger partial charge >= 0.3 is 0 Å². The van der Waals surface area contributed by atoms with Crippen LogP contribution < -0.4 is 20.7 Å². The molecule has 23 heavy (non-hydrogen) atoms. The number of fused-ring (bicyclic) bond motifs is 1. The highest BCUT2D eigenvalue weighted by molar-refractivity contribution is 5.96. The summed E-state index contributed by atoms with van der Waals surface area (Å²) in [5.41, 5.74) is 4.37. The van der Waals surface area contributed by atoms with Crippen LogP contribution in [0.3, 0.4) is 0 Å². The molecule has 0 spiro atoms. The van der Waals surface area contributed by atoms with Crippen molar-refractivity contribution in [3.8, 4) is 23.0 Å². The van der Waals surface area contributed by atoms with Crippen LogP contribution in [-0.2, 0) is 0 Å². The minimum atomic E-state index is -0.387. The maximum absolute atomic E-state index is 11.6. The fourth-order valence-corrected chi connectivity index (χ4v) is 2.24. The number of nitrogens with zero attached hydrogens (tertiary/aromatic N) is 1. The van der Waals surface area contributed by atoms with Crippen LogP contribution in [-0.4, -0.2) is 25.1 Å². The molecule has 0 radical (unpaired) electrons. The van der Waals surface area contributed by atoms with Gasteiger partial charge < -0.3 is 13.9 Å². The van der Waals surface area contributed by atoms with E-state index in [-0.39, 0.29) is 5.91 Å². The topological polar surface area (TPSA) is 99.6 Å². The molecule has 0 saturated heterocycles. The number of nitrogens with one attached hydrogen (secondary N) is 1. The SMILES string of the molecule is COc1ccc(-c2nc3cc(C(=O)NN)ccc3o2)cc1OC. The van der Waals surface area contributed by atoms with Crippen LogP contribution in [0.25, 0.3) is 22.6 Å². The molecule has 3 aromatic rings. The number of nitrogens with two attached hydrogens (primary N) is 1. The minimum absolute atomic E-state index is 0.387. The smallest absolute Gasteiger partial charge is 0.265 e. The Kier molecular flexibility index (Phi) is 3.86. The fourth-order valence-electron chi connectivity index (χ4n) is 2.24. The summed E-state index contributed by atoms with van der Waals surface area (Å²) in [7, 11) is 3.13. The van der Waals surface area contributed by atoms with Crippen molar-refractivity contribution in [2.45, 2.75) is 0 Å². The van der Waals surface area contributed by atoms with Crippen molar-refractivity contribution in [2.75, 3.05) is 14.2 Å². The number of rotatable bonds is 4. The maximum Gasteiger partial charge on any atom is 0.265 e. The van der Waals surface area contributed by atoms with E-state index in [9.17, 15) is 4.79 Å². The van der Waals surface area contributed by atoms with Gasteiger partial charge in [0.2, 0.25) is 5.89 Å². The zero-order chi connectivity index (χ0) is 16.4. The Balaban J connectivity index is 2.05. The molecule has 7 nitrogen and oxygen atoms in total. The molecule has 1 amide bonds. The maximum atomic E-state index is 11.6. The molecule has 0 unspecified atom stereocenters. The number of nitrogen functional groups attached to an aromatic ring is 1. The molecule has 0 fully saturated rings. The van der Waals surface area contributed by atoms with E-state index in [2.05, 4.69) is 10.4 Å². The lowest BCUT2D eigenvalue weighted by Crippen LogP contribution is -2.29. The summed E-state index contributed by atoms with van der Waals surface area (Å²) in [5, 5.41) is 0. The Hall–Kier alpha value is -3.06. The van der Waals surface area contributed by atoms with Gasteiger partial charge in [-0.1, -0.05) is 0 Å². The van der Waals surface area contributed by atoms with Crippen molar-refractivity contribution in [1.82, 2.24) is 10.4 Å². The van der Waals surface area contributed by atoms with E-state index >= 15 is 0 Å². The molecular weight excluding hydrogens is 298 g/mol. The number of hydrazine groups is 1. The number of aromatic nitrogens is 1. The number of methoxy groups -OCH3 is 2. The number of benzene rings is 2. The van der Waals surface area contributed by atoms with Gasteiger partial charge in [-0.05, 0) is 36.4 Å². The molecule has 0 atom stereocenters. The zero-order valence-electron chi connectivity index (χ0n) is 12.6. The number of carbonyl (C=O) groups is 1. The molecule has 7 heteroatoms. The van der Waals surface area contributed by atoms with Crippen molar-refractivity contribution in [3.63, 3.8) is 0 Å². The van der Waals surface area contributed by atoms with E-state index in [4.69, 9.17) is 19.7 Å². The highest BCUT2D eigenvalue weighted by Gasteiger charge is 2.13. The first-order valence-corrected chi connectivity index (χ1v) is 6.80. The second-order valence-corrected chi connectivity index (χ2v) is 4.74. The number of hydrogen-bond donors (Lipinski definition) is 2. The lowest BCUT2D eigenvalue weighted by molar-refractivity contribution is 0.0954. The number of oxazole rings is 1. The standard InChI is InChI=1S/C16H15N3O4/c1-21-13-6-4-10(8-14(13)22-2)16-18-11-7-9(15(20)19-17)3-5-12(11)23-16/h3-8H,17H2,1-2H3,(H,19,20). The van der Waals surface area contributed by atoms with Crippen molar-refractivity contribution >= 4 is 17.0 Å². The van der Waals surface area contributed by atoms with Crippen LogP contribution in [0.4, 0.5) is 0 Å². The zero-order valence-corrected chi connectivity index (χ0v) is 12.6. The second kappa shape index (κ2) is 5.98. The third-order valence-electron chi connectivity index (χ3n) is 3.41. The average Bonchev–Trinajstić information content (AvgIpc) is 3.03. The highest BCUT2D eigenvalue weighted by Crippen LogP contribution is 2.33. The molecule has 1 heterocycles. The monoisotopic (exact) mass is 313 g/mol. The Morgan fingerprint density at radius 2 is 1.91 bits per heavy atom.